The fourth-order valence-corrected chi connectivity index (χ4v) is 4.44. The lowest BCUT2D eigenvalue weighted by molar-refractivity contribution is -0.384. The van der Waals surface area contributed by atoms with Crippen LogP contribution in [0.5, 0.6) is 0 Å². The van der Waals surface area contributed by atoms with Gasteiger partial charge in [-0.3, -0.25) is 19.9 Å². The molecule has 1 atom stereocenters. The van der Waals surface area contributed by atoms with E-state index in [9.17, 15) is 14.9 Å². The molecule has 0 bridgehead atoms. The maximum absolute atomic E-state index is 11.9. The van der Waals surface area contributed by atoms with Crippen molar-refractivity contribution >= 4 is 28.7 Å². The highest BCUT2D eigenvalue weighted by molar-refractivity contribution is 5.88. The number of aromatic nitrogens is 2. The molecular weight excluding hydrogens is 448 g/mol. The number of carbonyl (C=O) groups is 1. The lowest BCUT2D eigenvalue weighted by Crippen LogP contribution is -2.52. The quantitative estimate of drug-likeness (QED) is 0.244. The number of nitro groups is 1. The fourth-order valence-electron chi connectivity index (χ4n) is 4.44. The SMILES string of the molecule is Nc1ncnc2cc(CN3CCN(Cc4ccc(-c5cccc([N+](=O)[O-])c5)o4)CC3C=O)ccc12. The number of benzene rings is 2. The van der Waals surface area contributed by atoms with Gasteiger partial charge in [0.1, 0.15) is 30.0 Å². The van der Waals surface area contributed by atoms with Gasteiger partial charge >= 0.3 is 0 Å². The van der Waals surface area contributed by atoms with Crippen LogP contribution in [-0.2, 0) is 17.9 Å². The Bertz CT molecular complexity index is 1390. The van der Waals surface area contributed by atoms with Crippen molar-refractivity contribution in [2.24, 2.45) is 0 Å². The molecule has 1 aliphatic rings. The Kier molecular flexibility index (Phi) is 6.21. The molecule has 2 N–H and O–H groups in total. The molecule has 0 saturated carbocycles. The molecule has 0 spiro atoms. The zero-order chi connectivity index (χ0) is 24.4. The number of carbonyl (C=O) groups excluding carboxylic acids is 1. The third-order valence-corrected chi connectivity index (χ3v) is 6.27. The molecule has 2 aromatic carbocycles. The van der Waals surface area contributed by atoms with E-state index < -0.39 is 4.92 Å². The van der Waals surface area contributed by atoms with Crippen molar-refractivity contribution < 1.29 is 14.1 Å². The second-order valence-electron chi connectivity index (χ2n) is 8.59. The topological polar surface area (TPSA) is 132 Å². The molecule has 0 radical (unpaired) electrons. The molecule has 0 aliphatic carbocycles. The number of hydrogen-bond acceptors (Lipinski definition) is 9. The third kappa shape index (κ3) is 4.88. The van der Waals surface area contributed by atoms with E-state index in [1.165, 1.54) is 18.5 Å². The van der Waals surface area contributed by atoms with Crippen molar-refractivity contribution in [2.75, 3.05) is 25.4 Å². The van der Waals surface area contributed by atoms with E-state index in [1.807, 2.05) is 30.3 Å². The van der Waals surface area contributed by atoms with Gasteiger partial charge in [0.2, 0.25) is 0 Å². The molecule has 178 valence electrons. The normalized spacial score (nSPS) is 17.0. The minimum absolute atomic E-state index is 0.0210. The minimum atomic E-state index is -0.423. The van der Waals surface area contributed by atoms with Gasteiger partial charge in [0.15, 0.2) is 0 Å². The summed E-state index contributed by atoms with van der Waals surface area (Å²) >= 11 is 0. The highest BCUT2D eigenvalue weighted by Gasteiger charge is 2.27. The maximum atomic E-state index is 11.9. The molecule has 5 rings (SSSR count). The Balaban J connectivity index is 1.23. The number of fused-ring (bicyclic) bond motifs is 1. The van der Waals surface area contributed by atoms with Crippen molar-refractivity contribution in [3.63, 3.8) is 0 Å². The number of hydrogen-bond donors (Lipinski definition) is 1. The first kappa shape index (κ1) is 22.6. The van der Waals surface area contributed by atoms with Gasteiger partial charge in [-0.15, -0.1) is 0 Å². The van der Waals surface area contributed by atoms with E-state index in [1.54, 1.807) is 12.1 Å². The van der Waals surface area contributed by atoms with E-state index in [2.05, 4.69) is 19.8 Å². The van der Waals surface area contributed by atoms with E-state index >= 15 is 0 Å². The summed E-state index contributed by atoms with van der Waals surface area (Å²) in [6.45, 7) is 3.28. The Morgan fingerprint density at radius 3 is 2.83 bits per heavy atom. The molecule has 0 amide bonds. The van der Waals surface area contributed by atoms with Crippen LogP contribution in [0.4, 0.5) is 11.5 Å². The van der Waals surface area contributed by atoms with Crippen LogP contribution in [0.25, 0.3) is 22.2 Å². The largest absolute Gasteiger partial charge is 0.460 e. The van der Waals surface area contributed by atoms with Crippen LogP contribution >= 0.6 is 0 Å². The molecule has 1 saturated heterocycles. The Hall–Kier alpha value is -4.15. The number of rotatable bonds is 7. The van der Waals surface area contributed by atoms with Crippen molar-refractivity contribution in [1.29, 1.82) is 0 Å². The number of non-ortho nitro benzene ring substituents is 1. The molecule has 4 aromatic rings. The summed E-state index contributed by atoms with van der Waals surface area (Å²) in [6, 6.07) is 15.7. The molecule has 2 aromatic heterocycles. The number of aldehydes is 1. The highest BCUT2D eigenvalue weighted by Crippen LogP contribution is 2.27. The fraction of sp³-hybridized carbons (Fsp3) is 0.240. The first-order valence-electron chi connectivity index (χ1n) is 11.2. The molecule has 1 unspecified atom stereocenters. The zero-order valence-corrected chi connectivity index (χ0v) is 18.9. The highest BCUT2D eigenvalue weighted by atomic mass is 16.6. The van der Waals surface area contributed by atoms with E-state index in [0.29, 0.717) is 36.8 Å². The van der Waals surface area contributed by atoms with Gasteiger partial charge in [-0.1, -0.05) is 18.2 Å². The average Bonchev–Trinajstić information content (AvgIpc) is 3.33. The molecule has 35 heavy (non-hydrogen) atoms. The predicted molar refractivity (Wildman–Crippen MR) is 130 cm³/mol. The second kappa shape index (κ2) is 9.61. The summed E-state index contributed by atoms with van der Waals surface area (Å²) in [5, 5.41) is 11.9. The third-order valence-electron chi connectivity index (χ3n) is 6.27. The molecule has 10 heteroatoms. The summed E-state index contributed by atoms with van der Waals surface area (Å²) in [4.78, 5) is 35.2. The number of nitrogens with two attached hydrogens (primary N) is 1. The van der Waals surface area contributed by atoms with Crippen LogP contribution in [0.2, 0.25) is 0 Å². The molecule has 1 fully saturated rings. The van der Waals surface area contributed by atoms with Gasteiger partial charge in [0.25, 0.3) is 5.69 Å². The summed E-state index contributed by atoms with van der Waals surface area (Å²) in [5.74, 6) is 1.78. The Morgan fingerprint density at radius 2 is 2.00 bits per heavy atom. The molecule has 1 aliphatic heterocycles. The van der Waals surface area contributed by atoms with Crippen LogP contribution in [0.1, 0.15) is 11.3 Å². The van der Waals surface area contributed by atoms with Crippen molar-refractivity contribution in [3.05, 3.63) is 82.4 Å². The summed E-state index contributed by atoms with van der Waals surface area (Å²) in [6.07, 6.45) is 2.44. The molecule has 10 nitrogen and oxygen atoms in total. The number of nitrogen functional groups attached to an aromatic ring is 1. The molecular formula is C25H24N6O4. The zero-order valence-electron chi connectivity index (χ0n) is 18.9. The van der Waals surface area contributed by atoms with Crippen LogP contribution in [-0.4, -0.2) is 56.7 Å². The second-order valence-corrected chi connectivity index (χ2v) is 8.59. The van der Waals surface area contributed by atoms with Crippen LogP contribution in [0, 0.1) is 10.1 Å². The minimum Gasteiger partial charge on any atom is -0.460 e. The first-order valence-corrected chi connectivity index (χ1v) is 11.2. The Morgan fingerprint density at radius 1 is 1.11 bits per heavy atom. The summed E-state index contributed by atoms with van der Waals surface area (Å²) in [7, 11) is 0. The number of nitro benzene ring substituents is 1. The number of piperazine rings is 1. The maximum Gasteiger partial charge on any atom is 0.270 e. The van der Waals surface area contributed by atoms with Gasteiger partial charge in [0.05, 0.1) is 23.0 Å². The Labute approximate surface area is 201 Å². The van der Waals surface area contributed by atoms with Gasteiger partial charge < -0.3 is 14.9 Å². The van der Waals surface area contributed by atoms with Gasteiger partial charge in [-0.25, -0.2) is 9.97 Å². The molecule has 3 heterocycles. The van der Waals surface area contributed by atoms with Gasteiger partial charge in [-0.05, 0) is 29.8 Å². The smallest absolute Gasteiger partial charge is 0.270 e. The van der Waals surface area contributed by atoms with Crippen molar-refractivity contribution in [2.45, 2.75) is 19.1 Å². The summed E-state index contributed by atoms with van der Waals surface area (Å²) < 4.78 is 5.96. The number of anilines is 1. The average molecular weight is 473 g/mol. The first-order chi connectivity index (χ1) is 17.0. The van der Waals surface area contributed by atoms with Crippen LogP contribution in [0.15, 0.2) is 65.3 Å². The lowest BCUT2D eigenvalue weighted by Gasteiger charge is -2.38. The van der Waals surface area contributed by atoms with Gasteiger partial charge in [-0.2, -0.15) is 0 Å². The van der Waals surface area contributed by atoms with Crippen LogP contribution < -0.4 is 5.73 Å². The lowest BCUT2D eigenvalue weighted by atomic mass is 10.1. The monoisotopic (exact) mass is 472 g/mol. The number of furan rings is 1. The van der Waals surface area contributed by atoms with Crippen molar-refractivity contribution in [3.8, 4) is 11.3 Å². The van der Waals surface area contributed by atoms with E-state index in [0.717, 1.165) is 41.6 Å². The predicted octanol–water partition coefficient (Wildman–Crippen LogP) is 3.27. The van der Waals surface area contributed by atoms with Crippen LogP contribution in [0.3, 0.4) is 0 Å². The van der Waals surface area contributed by atoms with E-state index in [4.69, 9.17) is 10.2 Å². The summed E-state index contributed by atoms with van der Waals surface area (Å²) in [5.41, 5.74) is 8.44. The standard InChI is InChI=1S/C25H24N6O4/c26-25-22-6-4-17(10-23(22)27-16-28-25)12-30-9-8-29(13-20(30)15-32)14-21-5-7-24(35-21)18-2-1-3-19(11-18)31(33)34/h1-7,10-11,15-16,20H,8-9,12-14H2,(H2,26,27,28). The number of nitrogens with zero attached hydrogens (tertiary/aromatic N) is 5. The van der Waals surface area contributed by atoms with Crippen molar-refractivity contribution in [1.82, 2.24) is 19.8 Å². The van der Waals surface area contributed by atoms with E-state index in [-0.39, 0.29) is 11.7 Å². The van der Waals surface area contributed by atoms with Gasteiger partial charge in [0, 0.05) is 49.3 Å².